The summed E-state index contributed by atoms with van der Waals surface area (Å²) in [5, 5.41) is 4.37. The number of hydrogen-bond donors (Lipinski definition) is 1. The Kier molecular flexibility index (Phi) is 4.13. The molecule has 0 atom stereocenters. The summed E-state index contributed by atoms with van der Waals surface area (Å²) in [4.78, 5) is 23.2. The second-order valence-corrected chi connectivity index (χ2v) is 4.06. The van der Waals surface area contributed by atoms with E-state index in [0.29, 0.717) is 12.1 Å². The lowest BCUT2D eigenvalue weighted by Gasteiger charge is -2.07. The van der Waals surface area contributed by atoms with E-state index >= 15 is 0 Å². The van der Waals surface area contributed by atoms with Crippen LogP contribution in [0.1, 0.15) is 17.3 Å². The van der Waals surface area contributed by atoms with Crippen molar-refractivity contribution in [3.05, 3.63) is 48.0 Å². The second-order valence-electron chi connectivity index (χ2n) is 4.06. The van der Waals surface area contributed by atoms with E-state index < -0.39 is 5.97 Å². The topological polar surface area (TPSA) is 55.4 Å². The van der Waals surface area contributed by atoms with E-state index in [4.69, 9.17) is 4.74 Å². The van der Waals surface area contributed by atoms with Gasteiger partial charge in [0, 0.05) is 6.54 Å². The van der Waals surface area contributed by atoms with Gasteiger partial charge in [-0.2, -0.15) is 0 Å². The Balaban J connectivity index is 2.15. The molecule has 0 bridgehead atoms. The van der Waals surface area contributed by atoms with Crippen molar-refractivity contribution in [1.82, 2.24) is 5.32 Å². The third-order valence-corrected chi connectivity index (χ3v) is 2.72. The van der Waals surface area contributed by atoms with Crippen LogP contribution in [0.4, 0.5) is 0 Å². The van der Waals surface area contributed by atoms with Gasteiger partial charge in [0.25, 0.3) is 5.91 Å². The van der Waals surface area contributed by atoms with E-state index in [2.05, 4.69) is 5.32 Å². The number of fused-ring (bicyclic) bond motifs is 1. The maximum absolute atomic E-state index is 12.0. The molecule has 4 heteroatoms. The third kappa shape index (κ3) is 3.10. The van der Waals surface area contributed by atoms with Gasteiger partial charge in [-0.25, -0.2) is 4.79 Å². The molecule has 0 spiro atoms. The Bertz CT molecular complexity index is 602. The van der Waals surface area contributed by atoms with Crippen molar-refractivity contribution >= 4 is 22.6 Å². The number of ether oxygens (including phenoxy) is 1. The number of esters is 1. The first-order valence-corrected chi connectivity index (χ1v) is 6.14. The molecule has 4 nitrogen and oxygen atoms in total. The Morgan fingerprint density at radius 1 is 1.11 bits per heavy atom. The predicted octanol–water partition coefficient (Wildman–Crippen LogP) is 2.13. The minimum absolute atomic E-state index is 0.254. The van der Waals surface area contributed by atoms with Gasteiger partial charge in [-0.3, -0.25) is 4.79 Å². The van der Waals surface area contributed by atoms with Gasteiger partial charge >= 0.3 is 5.97 Å². The molecular formula is C15H15NO3. The van der Waals surface area contributed by atoms with Gasteiger partial charge in [0.05, 0.1) is 5.56 Å². The van der Waals surface area contributed by atoms with Crippen LogP contribution in [0.25, 0.3) is 10.8 Å². The lowest BCUT2D eigenvalue weighted by atomic mass is 10.1. The minimum atomic E-state index is -0.483. The Morgan fingerprint density at radius 3 is 2.63 bits per heavy atom. The molecule has 1 N–H and O–H groups in total. The number of hydrogen-bond acceptors (Lipinski definition) is 3. The number of amides is 1. The van der Waals surface area contributed by atoms with Gasteiger partial charge in [0.1, 0.15) is 0 Å². The number of likely N-dealkylation sites (N-methyl/N-ethyl adjacent to an activating group) is 1. The van der Waals surface area contributed by atoms with Gasteiger partial charge in [-0.1, -0.05) is 36.4 Å². The van der Waals surface area contributed by atoms with E-state index in [1.54, 1.807) is 12.1 Å². The number of rotatable bonds is 4. The van der Waals surface area contributed by atoms with Crippen LogP contribution in [0.5, 0.6) is 0 Å². The number of benzene rings is 2. The molecule has 0 radical (unpaired) electrons. The molecule has 0 aromatic heterocycles. The average Bonchev–Trinajstić information content (AvgIpc) is 2.44. The van der Waals surface area contributed by atoms with E-state index in [1.165, 1.54) is 0 Å². The van der Waals surface area contributed by atoms with Gasteiger partial charge < -0.3 is 10.1 Å². The van der Waals surface area contributed by atoms with Crippen molar-refractivity contribution in [2.75, 3.05) is 13.2 Å². The summed E-state index contributed by atoms with van der Waals surface area (Å²) in [6.45, 7) is 2.07. The summed E-state index contributed by atoms with van der Waals surface area (Å²) in [6, 6.07) is 13.0. The fraction of sp³-hybridized carbons (Fsp3) is 0.200. The molecule has 19 heavy (non-hydrogen) atoms. The van der Waals surface area contributed by atoms with E-state index in [-0.39, 0.29) is 12.5 Å². The van der Waals surface area contributed by atoms with Crippen LogP contribution >= 0.6 is 0 Å². The average molecular weight is 257 g/mol. The molecule has 0 saturated heterocycles. The van der Waals surface area contributed by atoms with Crippen molar-refractivity contribution in [3.8, 4) is 0 Å². The maximum atomic E-state index is 12.0. The molecule has 1 amide bonds. The SMILES string of the molecule is CCNC(=O)COC(=O)c1cccc2ccccc12. The Morgan fingerprint density at radius 2 is 1.84 bits per heavy atom. The van der Waals surface area contributed by atoms with E-state index in [0.717, 1.165) is 10.8 Å². The molecule has 0 fully saturated rings. The van der Waals surface area contributed by atoms with Crippen LogP contribution in [0.2, 0.25) is 0 Å². The highest BCUT2D eigenvalue weighted by molar-refractivity contribution is 6.04. The first kappa shape index (κ1) is 13.1. The Hall–Kier alpha value is -2.36. The maximum Gasteiger partial charge on any atom is 0.339 e. The van der Waals surface area contributed by atoms with Crippen LogP contribution in [0.15, 0.2) is 42.5 Å². The smallest absolute Gasteiger partial charge is 0.339 e. The van der Waals surface area contributed by atoms with Gasteiger partial charge in [-0.15, -0.1) is 0 Å². The van der Waals surface area contributed by atoms with Gasteiger partial charge in [-0.05, 0) is 23.8 Å². The third-order valence-electron chi connectivity index (χ3n) is 2.72. The molecular weight excluding hydrogens is 242 g/mol. The summed E-state index contributed by atoms with van der Waals surface area (Å²) < 4.78 is 5.00. The van der Waals surface area contributed by atoms with Crippen molar-refractivity contribution < 1.29 is 14.3 Å². The fourth-order valence-electron chi connectivity index (χ4n) is 1.86. The molecule has 0 aliphatic carbocycles. The zero-order chi connectivity index (χ0) is 13.7. The molecule has 98 valence electrons. The first-order chi connectivity index (χ1) is 9.22. The number of carbonyl (C=O) groups excluding carboxylic acids is 2. The summed E-state index contributed by atoms with van der Waals surface area (Å²) in [5.74, 6) is -0.779. The lowest BCUT2D eigenvalue weighted by Crippen LogP contribution is -2.28. The largest absolute Gasteiger partial charge is 0.452 e. The molecule has 0 unspecified atom stereocenters. The zero-order valence-corrected chi connectivity index (χ0v) is 10.7. The molecule has 0 aliphatic rings. The van der Waals surface area contributed by atoms with Crippen molar-refractivity contribution in [2.45, 2.75) is 6.92 Å². The van der Waals surface area contributed by atoms with Gasteiger partial charge in [0.15, 0.2) is 6.61 Å². The lowest BCUT2D eigenvalue weighted by molar-refractivity contribution is -0.124. The summed E-state index contributed by atoms with van der Waals surface area (Å²) >= 11 is 0. The summed E-state index contributed by atoms with van der Waals surface area (Å²) in [5.41, 5.74) is 0.474. The standard InChI is InChI=1S/C15H15NO3/c1-2-16-14(17)10-19-15(18)13-9-5-7-11-6-3-4-8-12(11)13/h3-9H,2,10H2,1H3,(H,16,17). The summed E-state index contributed by atoms with van der Waals surface area (Å²) in [7, 11) is 0. The molecule has 0 aliphatic heterocycles. The number of carbonyl (C=O) groups is 2. The molecule has 2 rings (SSSR count). The first-order valence-electron chi connectivity index (χ1n) is 6.14. The normalized spacial score (nSPS) is 10.2. The van der Waals surface area contributed by atoms with E-state index in [9.17, 15) is 9.59 Å². The zero-order valence-electron chi connectivity index (χ0n) is 10.7. The van der Waals surface area contributed by atoms with Crippen molar-refractivity contribution in [1.29, 1.82) is 0 Å². The predicted molar refractivity (Wildman–Crippen MR) is 72.9 cm³/mol. The van der Waals surface area contributed by atoms with Crippen LogP contribution in [-0.4, -0.2) is 25.0 Å². The molecule has 2 aromatic carbocycles. The Labute approximate surface area is 111 Å². The monoisotopic (exact) mass is 257 g/mol. The van der Waals surface area contributed by atoms with E-state index in [1.807, 2.05) is 37.3 Å². The quantitative estimate of drug-likeness (QED) is 0.854. The van der Waals surface area contributed by atoms with Crippen molar-refractivity contribution in [2.24, 2.45) is 0 Å². The minimum Gasteiger partial charge on any atom is -0.452 e. The van der Waals surface area contributed by atoms with Crippen molar-refractivity contribution in [3.63, 3.8) is 0 Å². The molecule has 2 aromatic rings. The highest BCUT2D eigenvalue weighted by Crippen LogP contribution is 2.19. The fourth-order valence-corrected chi connectivity index (χ4v) is 1.86. The second kappa shape index (κ2) is 6.00. The number of nitrogens with one attached hydrogen (secondary N) is 1. The molecule has 0 heterocycles. The summed E-state index contributed by atoms with van der Waals surface area (Å²) in [6.07, 6.45) is 0. The highest BCUT2D eigenvalue weighted by atomic mass is 16.5. The van der Waals surface area contributed by atoms with Crippen LogP contribution < -0.4 is 5.32 Å². The van der Waals surface area contributed by atoms with Crippen LogP contribution in [0, 0.1) is 0 Å². The highest BCUT2D eigenvalue weighted by Gasteiger charge is 2.12. The van der Waals surface area contributed by atoms with Gasteiger partial charge in [0.2, 0.25) is 0 Å². The van der Waals surface area contributed by atoms with Crippen LogP contribution in [0.3, 0.4) is 0 Å². The van der Waals surface area contributed by atoms with Crippen LogP contribution in [-0.2, 0) is 9.53 Å². The molecule has 0 saturated carbocycles.